The number of nitrogens with one attached hydrogen (secondary N) is 2. The number of benzene rings is 1. The van der Waals surface area contributed by atoms with E-state index in [-0.39, 0.29) is 6.04 Å². The molecule has 2 aromatic heterocycles. The number of anilines is 1. The van der Waals surface area contributed by atoms with Crippen LogP contribution in [0.4, 0.5) is 5.82 Å². The molecule has 0 amide bonds. The molecule has 7 heteroatoms. The molecular weight excluding hydrogens is 316 g/mol. The molecule has 0 aliphatic rings. The first kappa shape index (κ1) is 16.9. The third-order valence-electron chi connectivity index (χ3n) is 3.87. The molecule has 0 aliphatic heterocycles. The maximum absolute atomic E-state index is 5.90. The fraction of sp³-hybridized carbons (Fsp3) is 0.222. The van der Waals surface area contributed by atoms with Crippen molar-refractivity contribution in [2.45, 2.75) is 6.04 Å². The summed E-state index contributed by atoms with van der Waals surface area (Å²) < 4.78 is 5.15. The molecule has 0 saturated heterocycles. The maximum Gasteiger partial charge on any atom is 0.145 e. The molecule has 0 fully saturated rings. The van der Waals surface area contributed by atoms with Crippen LogP contribution in [-0.2, 0) is 4.74 Å². The molecule has 3 aromatic rings. The quantitative estimate of drug-likeness (QED) is 0.523. The summed E-state index contributed by atoms with van der Waals surface area (Å²) in [5.74, 6) is 0.603. The molecule has 1 atom stereocenters. The van der Waals surface area contributed by atoms with Crippen LogP contribution in [-0.4, -0.2) is 41.3 Å². The van der Waals surface area contributed by atoms with E-state index in [2.05, 4.69) is 26.8 Å². The third kappa shape index (κ3) is 3.62. The molecule has 0 bridgehead atoms. The molecule has 7 nitrogen and oxygen atoms in total. The number of aromatic amines is 1. The second-order valence-electron chi connectivity index (χ2n) is 5.78. The number of fused-ring (bicyclic) bond motifs is 1. The highest BCUT2D eigenvalue weighted by Crippen LogP contribution is 2.27. The van der Waals surface area contributed by atoms with Gasteiger partial charge in [-0.2, -0.15) is 0 Å². The van der Waals surface area contributed by atoms with Crippen LogP contribution in [0.1, 0.15) is 5.69 Å². The van der Waals surface area contributed by atoms with E-state index in [4.69, 9.17) is 16.2 Å². The van der Waals surface area contributed by atoms with Crippen molar-refractivity contribution in [2.24, 2.45) is 11.5 Å². The van der Waals surface area contributed by atoms with Crippen molar-refractivity contribution < 1.29 is 4.74 Å². The van der Waals surface area contributed by atoms with E-state index in [1.165, 1.54) is 0 Å². The molecule has 1 aromatic carbocycles. The van der Waals surface area contributed by atoms with Gasteiger partial charge >= 0.3 is 0 Å². The number of nitrogens with two attached hydrogens (primary N) is 2. The van der Waals surface area contributed by atoms with Gasteiger partial charge in [0.25, 0.3) is 0 Å². The Morgan fingerprint density at radius 2 is 2.20 bits per heavy atom. The number of H-pyrrole nitrogens is 1. The minimum atomic E-state index is -0.0539. The Morgan fingerprint density at radius 3 is 2.88 bits per heavy atom. The SMILES string of the molecule is C=C(N)c1ncc(N[C@@H](CN)COC)nc1-c1cc2ccccc2[nH]1. The van der Waals surface area contributed by atoms with Gasteiger partial charge in [0.2, 0.25) is 0 Å². The number of ether oxygens (including phenoxy) is 1. The van der Waals surface area contributed by atoms with Gasteiger partial charge in [-0.25, -0.2) is 9.97 Å². The second kappa shape index (κ2) is 7.33. The van der Waals surface area contributed by atoms with Crippen molar-refractivity contribution in [2.75, 3.05) is 25.6 Å². The van der Waals surface area contributed by atoms with Crippen molar-refractivity contribution in [1.82, 2.24) is 15.0 Å². The lowest BCUT2D eigenvalue weighted by atomic mass is 10.2. The Labute approximate surface area is 146 Å². The first-order valence-corrected chi connectivity index (χ1v) is 7.97. The van der Waals surface area contributed by atoms with E-state index in [0.717, 1.165) is 16.6 Å². The Morgan fingerprint density at radius 1 is 1.40 bits per heavy atom. The number of methoxy groups -OCH3 is 1. The van der Waals surface area contributed by atoms with Crippen molar-refractivity contribution in [1.29, 1.82) is 0 Å². The second-order valence-corrected chi connectivity index (χ2v) is 5.78. The molecule has 6 N–H and O–H groups in total. The molecule has 0 unspecified atom stereocenters. The Hall–Kier alpha value is -2.90. The van der Waals surface area contributed by atoms with E-state index in [9.17, 15) is 0 Å². The minimum Gasteiger partial charge on any atom is -0.397 e. The van der Waals surface area contributed by atoms with Gasteiger partial charge in [0.05, 0.1) is 30.2 Å². The van der Waals surface area contributed by atoms with E-state index in [1.54, 1.807) is 13.3 Å². The number of hydrogen-bond acceptors (Lipinski definition) is 6. The predicted molar refractivity (Wildman–Crippen MR) is 101 cm³/mol. The number of rotatable bonds is 7. The normalized spacial score (nSPS) is 12.2. The van der Waals surface area contributed by atoms with Crippen LogP contribution in [0.15, 0.2) is 43.1 Å². The lowest BCUT2D eigenvalue weighted by Gasteiger charge is -2.17. The molecule has 130 valence electrons. The van der Waals surface area contributed by atoms with Crippen molar-refractivity contribution >= 4 is 22.4 Å². The fourth-order valence-electron chi connectivity index (χ4n) is 2.66. The Bertz CT molecular complexity index is 855. The van der Waals surface area contributed by atoms with Crippen LogP contribution >= 0.6 is 0 Å². The summed E-state index contributed by atoms with van der Waals surface area (Å²) >= 11 is 0. The number of hydrogen-bond donors (Lipinski definition) is 4. The van der Waals surface area contributed by atoms with Gasteiger partial charge in [0, 0.05) is 24.6 Å². The van der Waals surface area contributed by atoms with Gasteiger partial charge in [-0.05, 0) is 12.1 Å². The monoisotopic (exact) mass is 338 g/mol. The topological polar surface area (TPSA) is 115 Å². The molecule has 25 heavy (non-hydrogen) atoms. The van der Waals surface area contributed by atoms with Crippen molar-refractivity contribution in [3.63, 3.8) is 0 Å². The zero-order chi connectivity index (χ0) is 17.8. The van der Waals surface area contributed by atoms with E-state index >= 15 is 0 Å². The largest absolute Gasteiger partial charge is 0.397 e. The molecule has 0 radical (unpaired) electrons. The Kier molecular flexibility index (Phi) is 4.97. The van der Waals surface area contributed by atoms with Gasteiger partial charge in [-0.3, -0.25) is 0 Å². The van der Waals surface area contributed by atoms with Gasteiger partial charge in [-0.15, -0.1) is 0 Å². The summed E-state index contributed by atoms with van der Waals surface area (Å²) in [4.78, 5) is 12.4. The van der Waals surface area contributed by atoms with Crippen LogP contribution in [0.5, 0.6) is 0 Å². The highest BCUT2D eigenvalue weighted by atomic mass is 16.5. The first-order valence-electron chi connectivity index (χ1n) is 7.97. The first-order chi connectivity index (χ1) is 12.1. The van der Waals surface area contributed by atoms with Crippen LogP contribution in [0, 0.1) is 0 Å². The fourth-order valence-corrected chi connectivity index (χ4v) is 2.66. The average Bonchev–Trinajstić information content (AvgIpc) is 3.05. The lowest BCUT2D eigenvalue weighted by molar-refractivity contribution is 0.187. The molecule has 0 spiro atoms. The van der Waals surface area contributed by atoms with E-state index in [1.807, 2.05) is 30.3 Å². The number of para-hydroxylation sites is 1. The summed E-state index contributed by atoms with van der Waals surface area (Å²) in [6.07, 6.45) is 1.62. The van der Waals surface area contributed by atoms with Gasteiger partial charge in [0.1, 0.15) is 17.2 Å². The molecule has 0 saturated carbocycles. The maximum atomic E-state index is 5.90. The predicted octanol–water partition coefficient (Wildman–Crippen LogP) is 1.94. The van der Waals surface area contributed by atoms with Crippen LogP contribution in [0.3, 0.4) is 0 Å². The van der Waals surface area contributed by atoms with E-state index in [0.29, 0.717) is 36.1 Å². The van der Waals surface area contributed by atoms with Gasteiger partial charge < -0.3 is 26.5 Å². The van der Waals surface area contributed by atoms with Gasteiger partial charge in [-0.1, -0.05) is 24.8 Å². The zero-order valence-corrected chi connectivity index (χ0v) is 14.1. The van der Waals surface area contributed by atoms with Crippen LogP contribution in [0.2, 0.25) is 0 Å². The highest BCUT2D eigenvalue weighted by Gasteiger charge is 2.15. The van der Waals surface area contributed by atoms with E-state index < -0.39 is 0 Å². The highest BCUT2D eigenvalue weighted by molar-refractivity contribution is 5.87. The molecule has 2 heterocycles. The minimum absolute atomic E-state index is 0.0539. The summed E-state index contributed by atoms with van der Waals surface area (Å²) in [5, 5.41) is 4.32. The zero-order valence-electron chi connectivity index (χ0n) is 14.1. The molecule has 0 aliphatic carbocycles. The van der Waals surface area contributed by atoms with Crippen molar-refractivity contribution in [3.8, 4) is 11.4 Å². The standard InChI is InChI=1S/C18H22N6O/c1-11(20)17-18(15-7-12-5-3-4-6-14(12)23-15)24-16(9-21-17)22-13(8-19)10-25-2/h3-7,9,13,23H,1,8,10,19-20H2,2H3,(H,22,24)/t13-/m0/s1. The summed E-state index contributed by atoms with van der Waals surface area (Å²) in [6.45, 7) is 4.70. The summed E-state index contributed by atoms with van der Waals surface area (Å²) in [5.41, 5.74) is 15.1. The summed E-state index contributed by atoms with van der Waals surface area (Å²) in [6, 6.07) is 9.97. The van der Waals surface area contributed by atoms with Crippen LogP contribution in [0.25, 0.3) is 28.0 Å². The van der Waals surface area contributed by atoms with Crippen LogP contribution < -0.4 is 16.8 Å². The third-order valence-corrected chi connectivity index (χ3v) is 3.87. The Balaban J connectivity index is 2.03. The average molecular weight is 338 g/mol. The smallest absolute Gasteiger partial charge is 0.145 e. The lowest BCUT2D eigenvalue weighted by Crippen LogP contribution is -2.33. The van der Waals surface area contributed by atoms with Crippen molar-refractivity contribution in [3.05, 3.63) is 48.8 Å². The number of aromatic nitrogens is 3. The summed E-state index contributed by atoms with van der Waals surface area (Å²) in [7, 11) is 1.63. The van der Waals surface area contributed by atoms with Gasteiger partial charge in [0.15, 0.2) is 0 Å². The molecular formula is C18H22N6O. The number of nitrogens with zero attached hydrogens (tertiary/aromatic N) is 2. The molecule has 3 rings (SSSR count).